The minimum atomic E-state index is -0.648. The second-order valence-corrected chi connectivity index (χ2v) is 7.43. The molecule has 0 atom stereocenters. The van der Waals surface area contributed by atoms with Crippen LogP contribution in [0.4, 0.5) is 0 Å². The molecule has 1 aliphatic heterocycles. The van der Waals surface area contributed by atoms with E-state index in [-0.39, 0.29) is 18.1 Å². The number of ether oxygens (including phenoxy) is 2. The van der Waals surface area contributed by atoms with Crippen molar-refractivity contribution in [2.45, 2.75) is 59.5 Å². The molecule has 1 aliphatic rings. The van der Waals surface area contributed by atoms with Gasteiger partial charge in [-0.15, -0.1) is 0 Å². The van der Waals surface area contributed by atoms with Crippen molar-refractivity contribution >= 4 is 13.1 Å². The molecule has 0 amide bonds. The number of aliphatic hydroxyl groups is 1. The molecule has 1 N–H and O–H groups in total. The summed E-state index contributed by atoms with van der Waals surface area (Å²) in [4.78, 5) is 11.9. The predicted octanol–water partition coefficient (Wildman–Crippen LogP) is 4.54. The summed E-state index contributed by atoms with van der Waals surface area (Å²) in [5.41, 5.74) is 0.875. The van der Waals surface area contributed by atoms with Gasteiger partial charge in [-0.25, -0.2) is 0 Å². The number of allylic oxidation sites excluding steroid dienone is 4. The first-order chi connectivity index (χ1) is 13.8. The standard InChI is InChI=1S/C22H31BO6/c1-6-17(14-18(19(24)7-2)23-27-15-22(4,5)29-23)28-20-12-10-9-11-16(20)13-21(25)26-8-3/h9-12,14,24H,6-8,13,15H2,1-5H3/b17-14+,19-18-. The van der Waals surface area contributed by atoms with Gasteiger partial charge in [-0.3, -0.25) is 4.79 Å². The van der Waals surface area contributed by atoms with Gasteiger partial charge in [-0.1, -0.05) is 32.0 Å². The average Bonchev–Trinajstić information content (AvgIpc) is 3.05. The minimum absolute atomic E-state index is 0.132. The van der Waals surface area contributed by atoms with Crippen molar-refractivity contribution in [2.24, 2.45) is 0 Å². The maximum atomic E-state index is 11.9. The largest absolute Gasteiger partial charge is 0.513 e. The Balaban J connectivity index is 2.28. The zero-order chi connectivity index (χ0) is 21.4. The lowest BCUT2D eigenvalue weighted by Crippen LogP contribution is -2.26. The van der Waals surface area contributed by atoms with Crippen molar-refractivity contribution in [2.75, 3.05) is 13.2 Å². The van der Waals surface area contributed by atoms with Crippen molar-refractivity contribution < 1.29 is 28.7 Å². The van der Waals surface area contributed by atoms with Gasteiger partial charge in [-0.05, 0) is 32.9 Å². The van der Waals surface area contributed by atoms with E-state index in [1.807, 2.05) is 52.0 Å². The number of benzene rings is 1. The van der Waals surface area contributed by atoms with Gasteiger partial charge < -0.3 is 23.9 Å². The summed E-state index contributed by atoms with van der Waals surface area (Å²) in [6.07, 6.45) is 2.94. The van der Waals surface area contributed by atoms with Gasteiger partial charge in [0.05, 0.1) is 31.0 Å². The summed E-state index contributed by atoms with van der Waals surface area (Å²) in [5.74, 6) is 1.11. The van der Waals surface area contributed by atoms with Gasteiger partial charge in [-0.2, -0.15) is 0 Å². The van der Waals surface area contributed by atoms with E-state index in [0.29, 0.717) is 43.0 Å². The molecule has 1 saturated heterocycles. The highest BCUT2D eigenvalue weighted by molar-refractivity contribution is 6.55. The molecule has 0 saturated carbocycles. The van der Waals surface area contributed by atoms with Crippen molar-refractivity contribution in [3.8, 4) is 5.75 Å². The molecule has 0 aliphatic carbocycles. The smallest absolute Gasteiger partial charge is 0.498 e. The van der Waals surface area contributed by atoms with E-state index in [4.69, 9.17) is 18.8 Å². The Bertz CT molecular complexity index is 768. The molecule has 1 fully saturated rings. The van der Waals surface area contributed by atoms with E-state index < -0.39 is 12.7 Å². The van der Waals surface area contributed by atoms with Crippen LogP contribution < -0.4 is 4.74 Å². The van der Waals surface area contributed by atoms with Crippen molar-refractivity contribution in [3.05, 3.63) is 52.9 Å². The van der Waals surface area contributed by atoms with Crippen molar-refractivity contribution in [1.29, 1.82) is 0 Å². The summed E-state index contributed by atoms with van der Waals surface area (Å²) in [7, 11) is -0.648. The lowest BCUT2D eigenvalue weighted by Gasteiger charge is -2.17. The van der Waals surface area contributed by atoms with Crippen LogP contribution in [0.1, 0.15) is 53.0 Å². The molecule has 0 unspecified atom stereocenters. The first-order valence-electron chi connectivity index (χ1n) is 10.1. The Labute approximate surface area is 173 Å². The van der Waals surface area contributed by atoms with Gasteiger partial charge in [0.2, 0.25) is 0 Å². The third-order valence-electron chi connectivity index (χ3n) is 4.45. The van der Waals surface area contributed by atoms with E-state index in [1.165, 1.54) is 0 Å². The lowest BCUT2D eigenvalue weighted by atomic mass is 9.76. The Morgan fingerprint density at radius 3 is 2.55 bits per heavy atom. The maximum absolute atomic E-state index is 11.9. The molecule has 7 heteroatoms. The van der Waals surface area contributed by atoms with E-state index in [2.05, 4.69) is 0 Å². The zero-order valence-electron chi connectivity index (χ0n) is 18.0. The average molecular weight is 402 g/mol. The summed E-state index contributed by atoms with van der Waals surface area (Å²) < 4.78 is 22.8. The van der Waals surface area contributed by atoms with Gasteiger partial charge in [0.15, 0.2) is 0 Å². The zero-order valence-corrected chi connectivity index (χ0v) is 18.0. The quantitative estimate of drug-likeness (QED) is 0.283. The first-order valence-corrected chi connectivity index (χ1v) is 10.1. The Kier molecular flexibility index (Phi) is 8.35. The molecule has 158 valence electrons. The normalized spacial score (nSPS) is 17.1. The van der Waals surface area contributed by atoms with Crippen LogP contribution in [0, 0.1) is 0 Å². The summed E-state index contributed by atoms with van der Waals surface area (Å²) >= 11 is 0. The molecule has 2 rings (SSSR count). The van der Waals surface area contributed by atoms with Crippen LogP contribution in [0.3, 0.4) is 0 Å². The van der Waals surface area contributed by atoms with Crippen LogP contribution in [0.25, 0.3) is 0 Å². The molecular weight excluding hydrogens is 371 g/mol. The highest BCUT2D eigenvalue weighted by Gasteiger charge is 2.40. The number of rotatable bonds is 9. The molecule has 1 heterocycles. The third kappa shape index (κ3) is 6.65. The Morgan fingerprint density at radius 1 is 1.24 bits per heavy atom. The molecule has 6 nitrogen and oxygen atoms in total. The first kappa shape index (κ1) is 23.0. The fourth-order valence-corrected chi connectivity index (χ4v) is 2.91. The van der Waals surface area contributed by atoms with Crippen LogP contribution in [0.15, 0.2) is 47.3 Å². The van der Waals surface area contributed by atoms with Gasteiger partial charge >= 0.3 is 13.1 Å². The van der Waals surface area contributed by atoms with Crippen molar-refractivity contribution in [1.82, 2.24) is 0 Å². The van der Waals surface area contributed by atoms with Gasteiger partial charge in [0, 0.05) is 23.9 Å². The molecule has 1 aromatic carbocycles. The fourth-order valence-electron chi connectivity index (χ4n) is 2.91. The Hall–Kier alpha value is -2.25. The topological polar surface area (TPSA) is 74.2 Å². The van der Waals surface area contributed by atoms with Crippen LogP contribution in [-0.2, 0) is 25.3 Å². The summed E-state index contributed by atoms with van der Waals surface area (Å²) in [5, 5.41) is 10.4. The lowest BCUT2D eigenvalue weighted by molar-refractivity contribution is -0.142. The number of esters is 1. The SMILES string of the molecule is CCOC(=O)Cc1ccccc1O/C(=C/C(B1OCC(C)(C)O1)=C(/O)CC)CC. The Morgan fingerprint density at radius 2 is 1.97 bits per heavy atom. The molecule has 0 aromatic heterocycles. The van der Waals surface area contributed by atoms with Crippen molar-refractivity contribution in [3.63, 3.8) is 0 Å². The summed E-state index contributed by atoms with van der Waals surface area (Å²) in [6.45, 7) is 10.3. The molecule has 0 bridgehead atoms. The fraction of sp³-hybridized carbons (Fsp3) is 0.500. The number of para-hydroxylation sites is 1. The van der Waals surface area contributed by atoms with Crippen LogP contribution >= 0.6 is 0 Å². The summed E-state index contributed by atoms with van der Waals surface area (Å²) in [6, 6.07) is 7.36. The minimum Gasteiger partial charge on any atom is -0.513 e. The molecule has 0 radical (unpaired) electrons. The van der Waals surface area contributed by atoms with Crippen LogP contribution in [-0.4, -0.2) is 37.0 Å². The maximum Gasteiger partial charge on any atom is 0.498 e. The number of hydrogen-bond acceptors (Lipinski definition) is 6. The molecule has 1 aromatic rings. The monoisotopic (exact) mass is 402 g/mol. The second kappa shape index (κ2) is 10.5. The van der Waals surface area contributed by atoms with Gasteiger partial charge in [0.1, 0.15) is 11.5 Å². The van der Waals surface area contributed by atoms with Crippen LogP contribution in [0.2, 0.25) is 0 Å². The van der Waals surface area contributed by atoms with Gasteiger partial charge in [0.25, 0.3) is 0 Å². The molecule has 29 heavy (non-hydrogen) atoms. The number of aliphatic hydroxyl groups excluding tert-OH is 1. The second-order valence-electron chi connectivity index (χ2n) is 7.43. The number of carbonyl (C=O) groups excluding carboxylic acids is 1. The van der Waals surface area contributed by atoms with E-state index >= 15 is 0 Å². The molecular formula is C22H31BO6. The molecule has 0 spiro atoms. The highest BCUT2D eigenvalue weighted by atomic mass is 16.7. The van der Waals surface area contributed by atoms with E-state index in [1.54, 1.807) is 13.0 Å². The third-order valence-corrected chi connectivity index (χ3v) is 4.45. The number of carbonyl (C=O) groups is 1. The predicted molar refractivity (Wildman–Crippen MR) is 113 cm³/mol. The highest BCUT2D eigenvalue weighted by Crippen LogP contribution is 2.28. The number of hydrogen-bond donors (Lipinski definition) is 1. The van der Waals surface area contributed by atoms with E-state index in [9.17, 15) is 9.90 Å². The van der Waals surface area contributed by atoms with Crippen LogP contribution in [0.5, 0.6) is 5.75 Å². The van der Waals surface area contributed by atoms with E-state index in [0.717, 1.165) is 5.56 Å².